The molecule has 3 heteroatoms. The van der Waals surface area contributed by atoms with Crippen LogP contribution >= 0.6 is 0 Å². The van der Waals surface area contributed by atoms with Gasteiger partial charge in [-0.3, -0.25) is 4.98 Å². The number of nitrogens with two attached hydrogens (primary N) is 1. The third kappa shape index (κ3) is 2.79. The zero-order chi connectivity index (χ0) is 10.6. The lowest BCUT2D eigenvalue weighted by Crippen LogP contribution is -2.26. The van der Waals surface area contributed by atoms with Crippen LogP contribution in [0.5, 0.6) is 0 Å². The van der Waals surface area contributed by atoms with Crippen LogP contribution in [0, 0.1) is 6.92 Å². The highest BCUT2D eigenvalue weighted by molar-refractivity contribution is 5.16. The van der Waals surface area contributed by atoms with E-state index < -0.39 is 0 Å². The molecule has 2 atom stereocenters. The third-order valence-electron chi connectivity index (χ3n) is 2.39. The number of aliphatic hydroxyl groups is 1. The molecule has 1 aromatic heterocycles. The van der Waals surface area contributed by atoms with Crippen molar-refractivity contribution in [3.63, 3.8) is 0 Å². The monoisotopic (exact) mass is 194 g/mol. The van der Waals surface area contributed by atoms with Gasteiger partial charge >= 0.3 is 0 Å². The third-order valence-corrected chi connectivity index (χ3v) is 2.39. The summed E-state index contributed by atoms with van der Waals surface area (Å²) in [5.41, 5.74) is 7.95. The molecule has 0 aliphatic carbocycles. The Morgan fingerprint density at radius 1 is 1.50 bits per heavy atom. The highest BCUT2D eigenvalue weighted by Crippen LogP contribution is 2.20. The average molecular weight is 194 g/mol. The Balaban J connectivity index is 2.82. The molecule has 0 saturated carbocycles. The average Bonchev–Trinajstić information content (AvgIpc) is 2.15. The minimum absolute atomic E-state index is 0.0253. The second-order valence-corrected chi connectivity index (χ2v) is 3.74. The largest absolute Gasteiger partial charge is 0.396 e. The summed E-state index contributed by atoms with van der Waals surface area (Å²) in [6, 6.07) is 4.03. The fraction of sp³-hybridized carbons (Fsp3) is 0.545. The highest BCUT2D eigenvalue weighted by atomic mass is 16.3. The molecule has 1 heterocycles. The molecule has 0 amide bonds. The SMILES string of the molecule is Cc1ccc(C(CCO)C(C)N)nc1. The van der Waals surface area contributed by atoms with Crippen molar-refractivity contribution in [1.82, 2.24) is 4.98 Å². The first-order valence-electron chi connectivity index (χ1n) is 4.94. The van der Waals surface area contributed by atoms with Crippen LogP contribution < -0.4 is 5.73 Å². The van der Waals surface area contributed by atoms with E-state index in [-0.39, 0.29) is 18.6 Å². The summed E-state index contributed by atoms with van der Waals surface area (Å²) in [4.78, 5) is 4.33. The van der Waals surface area contributed by atoms with Gasteiger partial charge < -0.3 is 10.8 Å². The Morgan fingerprint density at radius 2 is 2.21 bits per heavy atom. The van der Waals surface area contributed by atoms with Crippen molar-refractivity contribution in [1.29, 1.82) is 0 Å². The molecule has 3 nitrogen and oxygen atoms in total. The number of aromatic nitrogens is 1. The number of nitrogens with zero attached hydrogens (tertiary/aromatic N) is 1. The van der Waals surface area contributed by atoms with Crippen molar-refractivity contribution < 1.29 is 5.11 Å². The molecule has 0 aliphatic rings. The first-order valence-corrected chi connectivity index (χ1v) is 4.94. The lowest BCUT2D eigenvalue weighted by molar-refractivity contribution is 0.268. The van der Waals surface area contributed by atoms with E-state index in [1.807, 2.05) is 32.2 Å². The van der Waals surface area contributed by atoms with Gasteiger partial charge in [-0.05, 0) is 31.9 Å². The van der Waals surface area contributed by atoms with Gasteiger partial charge in [-0.15, -0.1) is 0 Å². The second kappa shape index (κ2) is 5.08. The van der Waals surface area contributed by atoms with Gasteiger partial charge in [0.15, 0.2) is 0 Å². The minimum atomic E-state index is 0.0253. The maximum atomic E-state index is 8.92. The zero-order valence-electron chi connectivity index (χ0n) is 8.77. The zero-order valence-corrected chi connectivity index (χ0v) is 8.77. The molecule has 0 saturated heterocycles. The van der Waals surface area contributed by atoms with E-state index >= 15 is 0 Å². The summed E-state index contributed by atoms with van der Waals surface area (Å²) in [6.45, 7) is 4.10. The normalized spacial score (nSPS) is 15.1. The summed E-state index contributed by atoms with van der Waals surface area (Å²) in [5.74, 6) is 0.153. The topological polar surface area (TPSA) is 59.1 Å². The fourth-order valence-electron chi connectivity index (χ4n) is 1.52. The van der Waals surface area contributed by atoms with Gasteiger partial charge in [0.1, 0.15) is 0 Å². The molecule has 78 valence electrons. The van der Waals surface area contributed by atoms with Gasteiger partial charge in [-0.2, -0.15) is 0 Å². The molecular weight excluding hydrogens is 176 g/mol. The molecule has 0 aliphatic heterocycles. The van der Waals surface area contributed by atoms with Crippen molar-refractivity contribution in [2.75, 3.05) is 6.61 Å². The van der Waals surface area contributed by atoms with Crippen molar-refractivity contribution in [2.24, 2.45) is 5.73 Å². The van der Waals surface area contributed by atoms with E-state index in [0.717, 1.165) is 11.3 Å². The number of rotatable bonds is 4. The molecule has 0 aromatic carbocycles. The molecule has 0 radical (unpaired) electrons. The lowest BCUT2D eigenvalue weighted by Gasteiger charge is -2.19. The number of aryl methyl sites for hydroxylation is 1. The number of hydrogen-bond acceptors (Lipinski definition) is 3. The van der Waals surface area contributed by atoms with Gasteiger partial charge in [0.2, 0.25) is 0 Å². The second-order valence-electron chi connectivity index (χ2n) is 3.74. The highest BCUT2D eigenvalue weighted by Gasteiger charge is 2.16. The van der Waals surface area contributed by atoms with Gasteiger partial charge in [-0.25, -0.2) is 0 Å². The van der Waals surface area contributed by atoms with Crippen LogP contribution in [0.25, 0.3) is 0 Å². The van der Waals surface area contributed by atoms with Gasteiger partial charge in [0.05, 0.1) is 0 Å². The Bertz CT molecular complexity index is 269. The van der Waals surface area contributed by atoms with E-state index in [9.17, 15) is 0 Å². The van der Waals surface area contributed by atoms with Crippen molar-refractivity contribution >= 4 is 0 Å². The molecule has 0 fully saturated rings. The van der Waals surface area contributed by atoms with Gasteiger partial charge in [-0.1, -0.05) is 6.07 Å². The van der Waals surface area contributed by atoms with E-state index in [1.165, 1.54) is 0 Å². The molecule has 0 spiro atoms. The van der Waals surface area contributed by atoms with E-state index in [4.69, 9.17) is 10.8 Å². The van der Waals surface area contributed by atoms with Crippen molar-refractivity contribution in [2.45, 2.75) is 32.2 Å². The van der Waals surface area contributed by atoms with Crippen LogP contribution in [-0.4, -0.2) is 22.7 Å². The van der Waals surface area contributed by atoms with Gasteiger partial charge in [0.25, 0.3) is 0 Å². The Labute approximate surface area is 85.0 Å². The van der Waals surface area contributed by atoms with E-state index in [0.29, 0.717) is 6.42 Å². The molecule has 1 rings (SSSR count). The molecular formula is C11H18N2O. The van der Waals surface area contributed by atoms with Crippen LogP contribution in [0.4, 0.5) is 0 Å². The smallest absolute Gasteiger partial charge is 0.0450 e. The Hall–Kier alpha value is -0.930. The molecule has 2 unspecified atom stereocenters. The first kappa shape index (κ1) is 11.1. The minimum Gasteiger partial charge on any atom is -0.396 e. The van der Waals surface area contributed by atoms with Crippen LogP contribution in [0.2, 0.25) is 0 Å². The lowest BCUT2D eigenvalue weighted by atomic mass is 9.94. The van der Waals surface area contributed by atoms with E-state index in [1.54, 1.807) is 0 Å². The number of pyridine rings is 1. The predicted molar refractivity (Wildman–Crippen MR) is 57.1 cm³/mol. The van der Waals surface area contributed by atoms with Crippen molar-refractivity contribution in [3.05, 3.63) is 29.6 Å². The standard InChI is InChI=1S/C11H18N2O/c1-8-3-4-11(13-7-8)10(5-6-14)9(2)12/h3-4,7,9-10,14H,5-6,12H2,1-2H3. The Kier molecular flexibility index (Phi) is 4.04. The summed E-state index contributed by atoms with van der Waals surface area (Å²) < 4.78 is 0. The summed E-state index contributed by atoms with van der Waals surface area (Å²) in [7, 11) is 0. The molecule has 3 N–H and O–H groups in total. The maximum Gasteiger partial charge on any atom is 0.0450 e. The summed E-state index contributed by atoms with van der Waals surface area (Å²) in [5, 5.41) is 8.92. The maximum absolute atomic E-state index is 8.92. The van der Waals surface area contributed by atoms with Crippen LogP contribution in [-0.2, 0) is 0 Å². The molecule has 0 bridgehead atoms. The fourth-order valence-corrected chi connectivity index (χ4v) is 1.52. The van der Waals surface area contributed by atoms with Crippen LogP contribution in [0.15, 0.2) is 18.3 Å². The summed E-state index contributed by atoms with van der Waals surface area (Å²) >= 11 is 0. The number of aliphatic hydroxyl groups excluding tert-OH is 1. The first-order chi connectivity index (χ1) is 6.65. The summed E-state index contributed by atoms with van der Waals surface area (Å²) in [6.07, 6.45) is 2.51. The van der Waals surface area contributed by atoms with Crippen LogP contribution in [0.3, 0.4) is 0 Å². The Morgan fingerprint density at radius 3 is 2.64 bits per heavy atom. The number of hydrogen-bond donors (Lipinski definition) is 2. The molecule has 14 heavy (non-hydrogen) atoms. The predicted octanol–water partition coefficient (Wildman–Crippen LogP) is 1.20. The quantitative estimate of drug-likeness (QED) is 0.757. The van der Waals surface area contributed by atoms with Gasteiger partial charge in [0, 0.05) is 30.5 Å². The van der Waals surface area contributed by atoms with E-state index in [2.05, 4.69) is 4.98 Å². The molecule has 1 aromatic rings. The van der Waals surface area contributed by atoms with Crippen molar-refractivity contribution in [3.8, 4) is 0 Å². The van der Waals surface area contributed by atoms with Crippen LogP contribution in [0.1, 0.15) is 30.5 Å².